The Balaban J connectivity index is 1.84. The van der Waals surface area contributed by atoms with E-state index in [2.05, 4.69) is 5.32 Å². The lowest BCUT2D eigenvalue weighted by atomic mass is 9.78. The van der Waals surface area contributed by atoms with Crippen LogP contribution in [0.4, 0.5) is 4.39 Å². The molecule has 1 aromatic rings. The highest BCUT2D eigenvalue weighted by Gasteiger charge is 2.38. The highest BCUT2D eigenvalue weighted by atomic mass is 19.1. The molecule has 1 nitrogen and oxygen atoms in total. The molecule has 0 radical (unpaired) electrons. The maximum absolute atomic E-state index is 14.0. The van der Waals surface area contributed by atoms with E-state index in [1.165, 1.54) is 25.7 Å². The standard InChI is InChI=1S/C15H20FN/c16-14-6-2-1-5-13(14)15(9-3-4-10-15)11-17-12-7-8-12/h1-2,5-6,12,17H,3-4,7-11H2. The number of halogens is 1. The normalized spacial score (nSPS) is 22.9. The molecule has 92 valence electrons. The maximum atomic E-state index is 14.0. The first-order valence-corrected chi connectivity index (χ1v) is 6.79. The van der Waals surface area contributed by atoms with Crippen LogP contribution in [0.1, 0.15) is 44.1 Å². The predicted molar refractivity (Wildman–Crippen MR) is 67.6 cm³/mol. The van der Waals surface area contributed by atoms with E-state index in [-0.39, 0.29) is 11.2 Å². The van der Waals surface area contributed by atoms with Crippen molar-refractivity contribution in [2.75, 3.05) is 6.54 Å². The first kappa shape index (κ1) is 11.2. The fourth-order valence-corrected chi connectivity index (χ4v) is 3.11. The largest absolute Gasteiger partial charge is 0.313 e. The molecule has 0 spiro atoms. The van der Waals surface area contributed by atoms with Crippen LogP contribution >= 0.6 is 0 Å². The minimum absolute atomic E-state index is 0.0213. The van der Waals surface area contributed by atoms with Gasteiger partial charge in [0.15, 0.2) is 0 Å². The summed E-state index contributed by atoms with van der Waals surface area (Å²) in [7, 11) is 0. The summed E-state index contributed by atoms with van der Waals surface area (Å²) < 4.78 is 14.0. The van der Waals surface area contributed by atoms with E-state index in [1.807, 2.05) is 12.1 Å². The molecule has 0 unspecified atom stereocenters. The quantitative estimate of drug-likeness (QED) is 0.840. The van der Waals surface area contributed by atoms with Gasteiger partial charge in [-0.1, -0.05) is 31.0 Å². The average Bonchev–Trinajstić information content (AvgIpc) is 3.06. The number of hydrogen-bond acceptors (Lipinski definition) is 1. The minimum atomic E-state index is -0.0213. The minimum Gasteiger partial charge on any atom is -0.313 e. The van der Waals surface area contributed by atoms with Crippen molar-refractivity contribution in [3.05, 3.63) is 35.6 Å². The van der Waals surface area contributed by atoms with E-state index in [9.17, 15) is 4.39 Å². The van der Waals surface area contributed by atoms with Crippen LogP contribution in [0, 0.1) is 5.82 Å². The van der Waals surface area contributed by atoms with E-state index in [1.54, 1.807) is 12.1 Å². The summed E-state index contributed by atoms with van der Waals surface area (Å²) in [5.41, 5.74) is 0.999. The van der Waals surface area contributed by atoms with Gasteiger partial charge in [-0.15, -0.1) is 0 Å². The summed E-state index contributed by atoms with van der Waals surface area (Å²) in [4.78, 5) is 0. The van der Waals surface area contributed by atoms with Crippen LogP contribution in [0.5, 0.6) is 0 Å². The summed E-state index contributed by atoms with van der Waals surface area (Å²) in [6.07, 6.45) is 7.34. The van der Waals surface area contributed by atoms with Crippen molar-refractivity contribution in [2.24, 2.45) is 0 Å². The molecule has 0 aromatic heterocycles. The zero-order valence-corrected chi connectivity index (χ0v) is 10.2. The molecule has 3 rings (SSSR count). The molecule has 0 aliphatic heterocycles. The second-order valence-corrected chi connectivity index (χ2v) is 5.62. The van der Waals surface area contributed by atoms with E-state index in [0.29, 0.717) is 6.04 Å². The van der Waals surface area contributed by atoms with Gasteiger partial charge in [-0.05, 0) is 37.3 Å². The second-order valence-electron chi connectivity index (χ2n) is 5.62. The lowest BCUT2D eigenvalue weighted by molar-refractivity contribution is 0.386. The van der Waals surface area contributed by atoms with Crippen molar-refractivity contribution >= 4 is 0 Å². The monoisotopic (exact) mass is 233 g/mol. The Kier molecular flexibility index (Phi) is 2.91. The number of benzene rings is 1. The third kappa shape index (κ3) is 2.23. The van der Waals surface area contributed by atoms with E-state index >= 15 is 0 Å². The lowest BCUT2D eigenvalue weighted by Crippen LogP contribution is -2.37. The second kappa shape index (κ2) is 4.41. The predicted octanol–water partition coefficient (Wildman–Crippen LogP) is 3.39. The van der Waals surface area contributed by atoms with Crippen LogP contribution in [0.25, 0.3) is 0 Å². The molecule has 17 heavy (non-hydrogen) atoms. The molecule has 2 fully saturated rings. The van der Waals surface area contributed by atoms with E-state index in [0.717, 1.165) is 24.9 Å². The Labute approximate surface area is 102 Å². The van der Waals surface area contributed by atoms with Crippen molar-refractivity contribution in [1.29, 1.82) is 0 Å². The fraction of sp³-hybridized carbons (Fsp3) is 0.600. The Morgan fingerprint density at radius 1 is 1.18 bits per heavy atom. The Bertz CT molecular complexity index is 392. The van der Waals surface area contributed by atoms with Crippen molar-refractivity contribution in [2.45, 2.75) is 50.0 Å². The van der Waals surface area contributed by atoms with Crippen LogP contribution in [0.3, 0.4) is 0 Å². The molecule has 0 atom stereocenters. The van der Waals surface area contributed by atoms with Crippen LogP contribution in [0.15, 0.2) is 24.3 Å². The summed E-state index contributed by atoms with van der Waals surface area (Å²) in [5, 5.41) is 3.60. The van der Waals surface area contributed by atoms with Gasteiger partial charge in [0, 0.05) is 18.0 Å². The van der Waals surface area contributed by atoms with E-state index < -0.39 is 0 Å². The number of hydrogen-bond donors (Lipinski definition) is 1. The van der Waals surface area contributed by atoms with Crippen LogP contribution in [0.2, 0.25) is 0 Å². The average molecular weight is 233 g/mol. The molecule has 0 heterocycles. The van der Waals surface area contributed by atoms with Crippen LogP contribution in [-0.2, 0) is 5.41 Å². The molecule has 2 aliphatic rings. The molecule has 2 aliphatic carbocycles. The van der Waals surface area contributed by atoms with Crippen molar-refractivity contribution in [1.82, 2.24) is 5.32 Å². The SMILES string of the molecule is Fc1ccccc1C1(CNC2CC2)CCCC1. The molecule has 1 N–H and O–H groups in total. The summed E-state index contributed by atoms with van der Waals surface area (Å²) in [6.45, 7) is 0.957. The van der Waals surface area contributed by atoms with Gasteiger partial charge >= 0.3 is 0 Å². The Morgan fingerprint density at radius 2 is 1.88 bits per heavy atom. The van der Waals surface area contributed by atoms with Gasteiger partial charge in [0.05, 0.1) is 0 Å². The third-order valence-corrected chi connectivity index (χ3v) is 4.31. The highest BCUT2D eigenvalue weighted by Crippen LogP contribution is 2.42. The van der Waals surface area contributed by atoms with Crippen molar-refractivity contribution < 1.29 is 4.39 Å². The molecule has 2 heteroatoms. The molecule has 1 aromatic carbocycles. The highest BCUT2D eigenvalue weighted by molar-refractivity contribution is 5.29. The zero-order chi connectivity index (χ0) is 11.7. The fourth-order valence-electron chi connectivity index (χ4n) is 3.11. The lowest BCUT2D eigenvalue weighted by Gasteiger charge is -2.30. The summed E-state index contributed by atoms with van der Waals surface area (Å²) in [5.74, 6) is -0.0213. The van der Waals surface area contributed by atoms with Crippen LogP contribution < -0.4 is 5.32 Å². The van der Waals surface area contributed by atoms with Crippen LogP contribution in [-0.4, -0.2) is 12.6 Å². The molecule has 0 amide bonds. The van der Waals surface area contributed by atoms with Gasteiger partial charge in [-0.25, -0.2) is 4.39 Å². The molecular formula is C15H20FN. The van der Waals surface area contributed by atoms with E-state index in [4.69, 9.17) is 0 Å². The number of rotatable bonds is 4. The Morgan fingerprint density at radius 3 is 2.53 bits per heavy atom. The number of nitrogens with one attached hydrogen (secondary N) is 1. The molecule has 2 saturated carbocycles. The van der Waals surface area contributed by atoms with Gasteiger partial charge in [0.1, 0.15) is 5.82 Å². The topological polar surface area (TPSA) is 12.0 Å². The zero-order valence-electron chi connectivity index (χ0n) is 10.2. The molecular weight excluding hydrogens is 213 g/mol. The maximum Gasteiger partial charge on any atom is 0.127 e. The summed E-state index contributed by atoms with van der Waals surface area (Å²) >= 11 is 0. The molecule has 0 bridgehead atoms. The van der Waals surface area contributed by atoms with Gasteiger partial charge in [0.25, 0.3) is 0 Å². The summed E-state index contributed by atoms with van der Waals surface area (Å²) in [6, 6.07) is 8.05. The first-order chi connectivity index (χ1) is 8.30. The van der Waals surface area contributed by atoms with Gasteiger partial charge in [-0.2, -0.15) is 0 Å². The molecule has 0 saturated heterocycles. The Hall–Kier alpha value is -0.890. The van der Waals surface area contributed by atoms with Gasteiger partial charge in [0.2, 0.25) is 0 Å². The van der Waals surface area contributed by atoms with Crippen molar-refractivity contribution in [3.8, 4) is 0 Å². The van der Waals surface area contributed by atoms with Crippen molar-refractivity contribution in [3.63, 3.8) is 0 Å². The smallest absolute Gasteiger partial charge is 0.127 e. The van der Waals surface area contributed by atoms with Gasteiger partial charge < -0.3 is 5.32 Å². The first-order valence-electron chi connectivity index (χ1n) is 6.79. The third-order valence-electron chi connectivity index (χ3n) is 4.31. The van der Waals surface area contributed by atoms with Gasteiger partial charge in [-0.3, -0.25) is 0 Å².